The number of anilines is 1. The first-order valence-corrected chi connectivity index (χ1v) is 12.2. The van der Waals surface area contributed by atoms with Crippen molar-refractivity contribution in [3.8, 4) is 0 Å². The summed E-state index contributed by atoms with van der Waals surface area (Å²) in [7, 11) is 1.38. The number of hydrogen-bond acceptors (Lipinski definition) is 3. The Morgan fingerprint density at radius 3 is 2.12 bits per heavy atom. The molecule has 1 atom stereocenters. The molecule has 1 saturated carbocycles. The summed E-state index contributed by atoms with van der Waals surface area (Å²) >= 11 is 3.44. The molecule has 0 aliphatic heterocycles. The Hall–Kier alpha value is -2.14. The van der Waals surface area contributed by atoms with Gasteiger partial charge in [-0.25, -0.2) is 4.79 Å². The van der Waals surface area contributed by atoms with Gasteiger partial charge in [0.05, 0.1) is 12.7 Å². The molecule has 5 heteroatoms. The van der Waals surface area contributed by atoms with E-state index in [9.17, 15) is 9.59 Å². The van der Waals surface area contributed by atoms with Crippen LogP contribution >= 0.6 is 15.9 Å². The van der Waals surface area contributed by atoms with E-state index in [1.807, 2.05) is 36.4 Å². The van der Waals surface area contributed by atoms with Crippen molar-refractivity contribution in [1.29, 1.82) is 0 Å². The number of nitrogens with one attached hydrogen (secondary N) is 1. The Bertz CT molecular complexity index is 907. The average molecular weight is 500 g/mol. The van der Waals surface area contributed by atoms with Crippen LogP contribution in [0.3, 0.4) is 0 Å². The van der Waals surface area contributed by atoms with Crippen LogP contribution in [0.25, 0.3) is 0 Å². The normalized spacial score (nSPS) is 19.8. The molecule has 0 saturated heterocycles. The topological polar surface area (TPSA) is 55.4 Å². The molecule has 0 radical (unpaired) electrons. The number of carbonyl (C=O) groups excluding carboxylic acids is 2. The van der Waals surface area contributed by atoms with E-state index in [0.717, 1.165) is 41.4 Å². The second kappa shape index (κ2) is 10.7. The fraction of sp³-hybridized carbons (Fsp3) is 0.481. The van der Waals surface area contributed by atoms with Gasteiger partial charge in [0.25, 0.3) is 0 Å². The highest BCUT2D eigenvalue weighted by Gasteiger charge is 2.35. The van der Waals surface area contributed by atoms with Gasteiger partial charge in [0, 0.05) is 16.1 Å². The Morgan fingerprint density at radius 1 is 1.00 bits per heavy atom. The molecule has 1 aliphatic carbocycles. The number of rotatable bonds is 6. The average Bonchev–Trinajstić information content (AvgIpc) is 2.78. The number of ether oxygens (including phenoxy) is 1. The summed E-state index contributed by atoms with van der Waals surface area (Å²) in [6, 6.07) is 15.1. The fourth-order valence-corrected chi connectivity index (χ4v) is 5.04. The summed E-state index contributed by atoms with van der Waals surface area (Å²) in [6.07, 6.45) is 5.13. The number of benzene rings is 2. The Labute approximate surface area is 200 Å². The molecular formula is C27H34BrNO3. The quantitative estimate of drug-likeness (QED) is 0.440. The highest BCUT2D eigenvalue weighted by atomic mass is 79.9. The minimum atomic E-state index is -0.346. The lowest BCUT2D eigenvalue weighted by atomic mass is 9.66. The number of esters is 1. The zero-order chi connectivity index (χ0) is 23.3. The Morgan fingerprint density at radius 2 is 1.59 bits per heavy atom. The standard InChI is InChI=1S/C27H34BrNO3/c1-27(2,3)21-11-9-19(10-12-21)24(25(30)29-23-15-13-22(28)14-16-23)17-18-5-7-20(8-6-18)26(31)32-4/h5-8,13-16,19,21,24H,9-12,17H2,1-4H3,(H,29,30). The molecular weight excluding hydrogens is 466 g/mol. The highest BCUT2D eigenvalue weighted by molar-refractivity contribution is 9.10. The summed E-state index contributed by atoms with van der Waals surface area (Å²) in [5.41, 5.74) is 2.71. The number of amides is 1. The van der Waals surface area contributed by atoms with Gasteiger partial charge in [-0.3, -0.25) is 4.79 Å². The van der Waals surface area contributed by atoms with Crippen LogP contribution in [-0.2, 0) is 16.0 Å². The van der Waals surface area contributed by atoms with E-state index in [-0.39, 0.29) is 17.8 Å². The summed E-state index contributed by atoms with van der Waals surface area (Å²) < 4.78 is 5.78. The predicted octanol–water partition coefficient (Wildman–Crippen LogP) is 6.89. The van der Waals surface area contributed by atoms with Crippen molar-refractivity contribution in [3.05, 3.63) is 64.1 Å². The summed E-state index contributed by atoms with van der Waals surface area (Å²) in [5.74, 6) is 0.673. The number of methoxy groups -OCH3 is 1. The second-order valence-corrected chi connectivity index (χ2v) is 10.9. The van der Waals surface area contributed by atoms with Crippen molar-refractivity contribution in [2.45, 2.75) is 52.9 Å². The Balaban J connectivity index is 1.76. The van der Waals surface area contributed by atoms with Gasteiger partial charge >= 0.3 is 5.97 Å². The van der Waals surface area contributed by atoms with Crippen molar-refractivity contribution in [1.82, 2.24) is 0 Å². The zero-order valence-corrected chi connectivity index (χ0v) is 21.1. The van der Waals surface area contributed by atoms with E-state index in [1.165, 1.54) is 7.11 Å². The lowest BCUT2D eigenvalue weighted by molar-refractivity contribution is -0.122. The lowest BCUT2D eigenvalue weighted by Crippen LogP contribution is -2.35. The predicted molar refractivity (Wildman–Crippen MR) is 133 cm³/mol. The minimum Gasteiger partial charge on any atom is -0.465 e. The molecule has 172 valence electrons. The van der Waals surface area contributed by atoms with Crippen LogP contribution in [0.2, 0.25) is 0 Å². The number of halogens is 1. The van der Waals surface area contributed by atoms with E-state index >= 15 is 0 Å². The van der Waals surface area contributed by atoms with Crippen LogP contribution < -0.4 is 5.32 Å². The van der Waals surface area contributed by atoms with Gasteiger partial charge in [0.1, 0.15) is 0 Å². The van der Waals surface area contributed by atoms with Crippen LogP contribution in [0.4, 0.5) is 5.69 Å². The third kappa shape index (κ3) is 6.44. The van der Waals surface area contributed by atoms with Crippen LogP contribution in [0.5, 0.6) is 0 Å². The molecule has 1 amide bonds. The van der Waals surface area contributed by atoms with Gasteiger partial charge in [-0.15, -0.1) is 0 Å². The third-order valence-electron chi connectivity index (χ3n) is 6.84. The molecule has 1 fully saturated rings. The fourth-order valence-electron chi connectivity index (χ4n) is 4.78. The lowest BCUT2D eigenvalue weighted by Gasteiger charge is -2.39. The largest absolute Gasteiger partial charge is 0.465 e. The van der Waals surface area contributed by atoms with Crippen LogP contribution in [0.1, 0.15) is 62.4 Å². The van der Waals surface area contributed by atoms with E-state index in [0.29, 0.717) is 29.2 Å². The molecule has 0 aromatic heterocycles. The van der Waals surface area contributed by atoms with Gasteiger partial charge in [-0.05, 0) is 91.3 Å². The van der Waals surface area contributed by atoms with E-state index in [1.54, 1.807) is 12.1 Å². The highest BCUT2D eigenvalue weighted by Crippen LogP contribution is 2.42. The van der Waals surface area contributed by atoms with Crippen LogP contribution in [0.15, 0.2) is 53.0 Å². The molecule has 1 unspecified atom stereocenters. The first kappa shape index (κ1) is 24.5. The van der Waals surface area contributed by atoms with Crippen molar-refractivity contribution in [3.63, 3.8) is 0 Å². The molecule has 32 heavy (non-hydrogen) atoms. The van der Waals surface area contributed by atoms with Gasteiger partial charge in [0.15, 0.2) is 0 Å². The minimum absolute atomic E-state index is 0.0728. The molecule has 0 heterocycles. The molecule has 2 aromatic rings. The first-order valence-electron chi connectivity index (χ1n) is 11.4. The second-order valence-electron chi connectivity index (χ2n) is 9.97. The molecule has 1 N–H and O–H groups in total. The summed E-state index contributed by atoms with van der Waals surface area (Å²) in [5, 5.41) is 3.13. The molecule has 4 nitrogen and oxygen atoms in total. The van der Waals surface area contributed by atoms with Gasteiger partial charge in [0.2, 0.25) is 5.91 Å². The van der Waals surface area contributed by atoms with Crippen molar-refractivity contribution in [2.75, 3.05) is 12.4 Å². The maximum atomic E-state index is 13.4. The first-order chi connectivity index (χ1) is 15.2. The molecule has 0 spiro atoms. The smallest absolute Gasteiger partial charge is 0.337 e. The maximum Gasteiger partial charge on any atom is 0.337 e. The maximum absolute atomic E-state index is 13.4. The SMILES string of the molecule is COC(=O)c1ccc(CC(C(=O)Nc2ccc(Br)cc2)C2CCC(C(C)(C)C)CC2)cc1. The van der Waals surface area contributed by atoms with Crippen LogP contribution in [-0.4, -0.2) is 19.0 Å². The van der Waals surface area contributed by atoms with E-state index < -0.39 is 0 Å². The van der Waals surface area contributed by atoms with E-state index in [2.05, 4.69) is 42.0 Å². The van der Waals surface area contributed by atoms with Gasteiger partial charge in [-0.1, -0.05) is 48.8 Å². The molecule has 3 rings (SSSR count). The van der Waals surface area contributed by atoms with Gasteiger partial charge < -0.3 is 10.1 Å². The molecule has 0 bridgehead atoms. The Kier molecular flexibility index (Phi) is 8.16. The summed E-state index contributed by atoms with van der Waals surface area (Å²) in [4.78, 5) is 25.2. The van der Waals surface area contributed by atoms with Gasteiger partial charge in [-0.2, -0.15) is 0 Å². The number of carbonyl (C=O) groups is 2. The molecule has 1 aliphatic rings. The molecule has 2 aromatic carbocycles. The summed E-state index contributed by atoms with van der Waals surface area (Å²) in [6.45, 7) is 6.95. The van der Waals surface area contributed by atoms with Crippen molar-refractivity contribution < 1.29 is 14.3 Å². The van der Waals surface area contributed by atoms with Crippen LogP contribution in [0, 0.1) is 23.2 Å². The zero-order valence-electron chi connectivity index (χ0n) is 19.5. The monoisotopic (exact) mass is 499 g/mol. The number of hydrogen-bond donors (Lipinski definition) is 1. The van der Waals surface area contributed by atoms with Crippen molar-refractivity contribution >= 4 is 33.5 Å². The third-order valence-corrected chi connectivity index (χ3v) is 7.37. The van der Waals surface area contributed by atoms with Crippen molar-refractivity contribution in [2.24, 2.45) is 23.2 Å². The van der Waals surface area contributed by atoms with E-state index in [4.69, 9.17) is 4.74 Å².